The minimum Gasteiger partial charge on any atom is -0.298 e. The van der Waals surface area contributed by atoms with E-state index in [0.717, 1.165) is 6.07 Å². The Hall–Kier alpha value is -0.840. The Labute approximate surface area is 82.1 Å². The lowest BCUT2D eigenvalue weighted by Gasteiger charge is -2.04. The van der Waals surface area contributed by atoms with Crippen molar-refractivity contribution in [3.8, 4) is 0 Å². The van der Waals surface area contributed by atoms with E-state index in [4.69, 9.17) is 0 Å². The van der Waals surface area contributed by atoms with E-state index in [1.165, 1.54) is 0 Å². The highest BCUT2D eigenvalue weighted by Gasteiger charge is 2.13. The van der Waals surface area contributed by atoms with Crippen LogP contribution in [0.15, 0.2) is 10.7 Å². The van der Waals surface area contributed by atoms with E-state index in [-0.39, 0.29) is 15.9 Å². The van der Waals surface area contributed by atoms with Gasteiger partial charge in [-0.2, -0.15) is 0 Å². The van der Waals surface area contributed by atoms with Gasteiger partial charge in [0, 0.05) is 5.56 Å². The number of alkyl halides is 2. The van der Waals surface area contributed by atoms with Crippen LogP contribution in [0.4, 0.5) is 8.78 Å². The summed E-state index contributed by atoms with van der Waals surface area (Å²) in [7, 11) is 0. The first-order valence-corrected chi connectivity index (χ1v) is 4.26. The molecule has 2 nitrogen and oxygen atoms in total. The van der Waals surface area contributed by atoms with Crippen LogP contribution in [0.3, 0.4) is 0 Å². The van der Waals surface area contributed by atoms with Crippen molar-refractivity contribution >= 4 is 22.2 Å². The molecule has 0 aliphatic carbocycles. The van der Waals surface area contributed by atoms with Gasteiger partial charge in [-0.15, -0.1) is 0 Å². The fourth-order valence-corrected chi connectivity index (χ4v) is 1.28. The highest BCUT2D eigenvalue weighted by molar-refractivity contribution is 9.10. The number of aromatic nitrogens is 1. The second-order valence-electron chi connectivity index (χ2n) is 2.47. The van der Waals surface area contributed by atoms with Crippen LogP contribution < -0.4 is 0 Å². The van der Waals surface area contributed by atoms with Crippen molar-refractivity contribution in [2.75, 3.05) is 0 Å². The summed E-state index contributed by atoms with van der Waals surface area (Å²) in [6.45, 7) is 1.63. The highest BCUT2D eigenvalue weighted by atomic mass is 79.9. The Morgan fingerprint density at radius 2 is 2.23 bits per heavy atom. The fraction of sp³-hybridized carbons (Fsp3) is 0.250. The number of aldehydes is 1. The van der Waals surface area contributed by atoms with Crippen LogP contribution in [0.25, 0.3) is 0 Å². The SMILES string of the molecule is Cc1c(C=O)cc(C(F)F)nc1Br. The van der Waals surface area contributed by atoms with Crippen LogP contribution in [-0.4, -0.2) is 11.3 Å². The summed E-state index contributed by atoms with van der Waals surface area (Å²) < 4.78 is 24.7. The molecule has 0 aromatic carbocycles. The molecule has 0 atom stereocenters. The predicted molar refractivity (Wildman–Crippen MR) is 47.0 cm³/mol. The predicted octanol–water partition coefficient (Wildman–Crippen LogP) is 2.90. The second-order valence-corrected chi connectivity index (χ2v) is 3.22. The average Bonchev–Trinajstić information content (AvgIpc) is 2.09. The third-order valence-corrected chi connectivity index (χ3v) is 2.40. The lowest BCUT2D eigenvalue weighted by Crippen LogP contribution is -1.97. The number of rotatable bonds is 2. The zero-order valence-corrected chi connectivity index (χ0v) is 8.31. The molecule has 0 unspecified atom stereocenters. The topological polar surface area (TPSA) is 30.0 Å². The van der Waals surface area contributed by atoms with Gasteiger partial charge < -0.3 is 0 Å². The maximum Gasteiger partial charge on any atom is 0.280 e. The van der Waals surface area contributed by atoms with E-state index in [0.29, 0.717) is 11.8 Å². The molecule has 0 saturated carbocycles. The van der Waals surface area contributed by atoms with Gasteiger partial charge >= 0.3 is 0 Å². The first-order valence-electron chi connectivity index (χ1n) is 3.46. The maximum absolute atomic E-state index is 12.2. The van der Waals surface area contributed by atoms with Crippen LogP contribution in [0, 0.1) is 6.92 Å². The van der Waals surface area contributed by atoms with Gasteiger partial charge in [-0.25, -0.2) is 13.8 Å². The van der Waals surface area contributed by atoms with Gasteiger partial charge in [0.05, 0.1) is 0 Å². The van der Waals surface area contributed by atoms with Crippen LogP contribution in [0.5, 0.6) is 0 Å². The lowest BCUT2D eigenvalue weighted by molar-refractivity contribution is 0.112. The third kappa shape index (κ3) is 2.09. The van der Waals surface area contributed by atoms with Crippen molar-refractivity contribution in [1.82, 2.24) is 4.98 Å². The van der Waals surface area contributed by atoms with E-state index >= 15 is 0 Å². The molecule has 1 heterocycles. The maximum atomic E-state index is 12.2. The van der Waals surface area contributed by atoms with E-state index in [1.807, 2.05) is 0 Å². The molecule has 0 aliphatic heterocycles. The van der Waals surface area contributed by atoms with Gasteiger partial charge in [0.25, 0.3) is 6.43 Å². The van der Waals surface area contributed by atoms with Gasteiger partial charge in [-0.05, 0) is 34.5 Å². The summed E-state index contributed by atoms with van der Waals surface area (Å²) in [6.07, 6.45) is -2.12. The minimum absolute atomic E-state index is 0.233. The zero-order valence-electron chi connectivity index (χ0n) is 6.72. The van der Waals surface area contributed by atoms with Crippen LogP contribution in [0.1, 0.15) is 28.0 Å². The molecule has 0 spiro atoms. The van der Waals surface area contributed by atoms with Crippen molar-refractivity contribution in [3.05, 3.63) is 27.5 Å². The van der Waals surface area contributed by atoms with Crippen molar-refractivity contribution < 1.29 is 13.6 Å². The summed E-state index contributed by atoms with van der Waals surface area (Å²) in [5, 5.41) is 0. The van der Waals surface area contributed by atoms with Crippen molar-refractivity contribution in [1.29, 1.82) is 0 Å². The first-order chi connectivity index (χ1) is 6.06. The Kier molecular flexibility index (Phi) is 3.08. The first kappa shape index (κ1) is 10.2. The van der Waals surface area contributed by atoms with Gasteiger partial charge in [0.2, 0.25) is 0 Å². The van der Waals surface area contributed by atoms with Crippen LogP contribution in [-0.2, 0) is 0 Å². The average molecular weight is 250 g/mol. The number of hydrogen-bond acceptors (Lipinski definition) is 2. The van der Waals surface area contributed by atoms with E-state index in [1.54, 1.807) is 6.92 Å². The Morgan fingerprint density at radius 1 is 1.62 bits per heavy atom. The summed E-state index contributed by atoms with van der Waals surface area (Å²) in [5.74, 6) is 0. The second kappa shape index (κ2) is 3.91. The van der Waals surface area contributed by atoms with E-state index < -0.39 is 6.43 Å². The van der Waals surface area contributed by atoms with Crippen molar-refractivity contribution in [2.24, 2.45) is 0 Å². The van der Waals surface area contributed by atoms with Crippen LogP contribution in [0.2, 0.25) is 0 Å². The summed E-state index contributed by atoms with van der Waals surface area (Å²) in [4.78, 5) is 14.0. The molecule has 5 heteroatoms. The monoisotopic (exact) mass is 249 g/mol. The van der Waals surface area contributed by atoms with Crippen molar-refractivity contribution in [3.63, 3.8) is 0 Å². The normalized spacial score (nSPS) is 10.5. The van der Waals surface area contributed by atoms with E-state index in [9.17, 15) is 13.6 Å². The molecular formula is C8H6BrF2NO. The molecule has 0 N–H and O–H groups in total. The molecule has 0 amide bonds. The number of carbonyl (C=O) groups excluding carboxylic acids is 1. The molecule has 0 aliphatic rings. The Balaban J connectivity index is 3.30. The Bertz CT molecular complexity index is 341. The molecule has 1 aromatic heterocycles. The third-order valence-electron chi connectivity index (χ3n) is 1.62. The summed E-state index contributed by atoms with van der Waals surface area (Å²) in [5.41, 5.74) is 0.413. The van der Waals surface area contributed by atoms with Crippen molar-refractivity contribution in [2.45, 2.75) is 13.3 Å². The minimum atomic E-state index is -2.66. The quantitative estimate of drug-likeness (QED) is 0.596. The largest absolute Gasteiger partial charge is 0.298 e. The highest BCUT2D eigenvalue weighted by Crippen LogP contribution is 2.23. The molecule has 1 rings (SSSR count). The number of hydrogen-bond donors (Lipinski definition) is 0. The number of halogens is 3. The number of pyridine rings is 1. The fourth-order valence-electron chi connectivity index (χ4n) is 0.850. The van der Waals surface area contributed by atoms with E-state index in [2.05, 4.69) is 20.9 Å². The molecule has 70 valence electrons. The molecular weight excluding hydrogens is 244 g/mol. The lowest BCUT2D eigenvalue weighted by atomic mass is 10.1. The zero-order chi connectivity index (χ0) is 10.0. The molecule has 0 bridgehead atoms. The van der Waals surface area contributed by atoms with Gasteiger partial charge in [-0.1, -0.05) is 0 Å². The molecule has 0 radical (unpaired) electrons. The Morgan fingerprint density at radius 3 is 2.69 bits per heavy atom. The molecule has 0 fully saturated rings. The van der Waals surface area contributed by atoms with Gasteiger partial charge in [0.15, 0.2) is 0 Å². The number of nitrogens with zero attached hydrogens (tertiary/aromatic N) is 1. The van der Waals surface area contributed by atoms with Gasteiger partial charge in [-0.3, -0.25) is 4.79 Å². The summed E-state index contributed by atoms with van der Waals surface area (Å²) in [6, 6.07) is 1.09. The summed E-state index contributed by atoms with van der Waals surface area (Å²) >= 11 is 3.00. The smallest absolute Gasteiger partial charge is 0.280 e. The van der Waals surface area contributed by atoms with Gasteiger partial charge in [0.1, 0.15) is 16.6 Å². The standard InChI is InChI=1S/C8H6BrF2NO/c1-4-5(3-13)2-6(8(10)11)12-7(4)9/h2-3,8H,1H3. The molecule has 13 heavy (non-hydrogen) atoms. The van der Waals surface area contributed by atoms with Crippen LogP contribution >= 0.6 is 15.9 Å². The molecule has 0 saturated heterocycles. The number of carbonyl (C=O) groups is 1. The molecule has 1 aromatic rings.